The third-order valence-corrected chi connectivity index (χ3v) is 2.15. The number of rotatable bonds is 2. The van der Waals surface area contributed by atoms with E-state index in [9.17, 15) is 0 Å². The summed E-state index contributed by atoms with van der Waals surface area (Å²) >= 11 is 0. The number of hydrogen-bond donors (Lipinski definition) is 3. The molecule has 0 amide bonds. The van der Waals surface area contributed by atoms with E-state index in [1.54, 1.807) is 19.2 Å². The molecule has 0 bridgehead atoms. The lowest BCUT2D eigenvalue weighted by atomic mass is 10.1. The Bertz CT molecular complexity index is 518. The molecule has 6 heteroatoms. The van der Waals surface area contributed by atoms with Gasteiger partial charge in [0.05, 0.1) is 19.0 Å². The molecular formula is C9H10N4O2. The minimum atomic E-state index is 0.0342. The molecule has 0 spiro atoms. The Morgan fingerprint density at radius 1 is 1.60 bits per heavy atom. The number of aromatic amines is 1. The summed E-state index contributed by atoms with van der Waals surface area (Å²) in [7, 11) is 1.56. The van der Waals surface area contributed by atoms with Crippen LogP contribution < -0.4 is 10.5 Å². The van der Waals surface area contributed by atoms with Crippen molar-refractivity contribution < 1.29 is 9.94 Å². The monoisotopic (exact) mass is 206 g/mol. The molecule has 4 N–H and O–H groups in total. The first-order valence-electron chi connectivity index (χ1n) is 4.26. The summed E-state index contributed by atoms with van der Waals surface area (Å²) in [6, 6.07) is 3.42. The van der Waals surface area contributed by atoms with Crippen molar-refractivity contribution in [1.82, 2.24) is 9.97 Å². The predicted octanol–water partition coefficient (Wildman–Crippen LogP) is 0.666. The number of benzene rings is 1. The topological polar surface area (TPSA) is 96.5 Å². The highest BCUT2D eigenvalue weighted by molar-refractivity contribution is 6.07. The Morgan fingerprint density at radius 3 is 3.07 bits per heavy atom. The van der Waals surface area contributed by atoms with Gasteiger partial charge >= 0.3 is 0 Å². The lowest BCUT2D eigenvalue weighted by Gasteiger charge is -2.04. The van der Waals surface area contributed by atoms with E-state index in [0.717, 1.165) is 0 Å². The van der Waals surface area contributed by atoms with Crippen molar-refractivity contribution in [3.8, 4) is 5.75 Å². The van der Waals surface area contributed by atoms with Crippen molar-refractivity contribution in [1.29, 1.82) is 0 Å². The second kappa shape index (κ2) is 3.49. The number of nitrogens with one attached hydrogen (secondary N) is 1. The van der Waals surface area contributed by atoms with Crippen LogP contribution in [0.15, 0.2) is 23.6 Å². The van der Waals surface area contributed by atoms with Gasteiger partial charge in [-0.1, -0.05) is 5.16 Å². The van der Waals surface area contributed by atoms with E-state index in [1.165, 1.54) is 6.33 Å². The quantitative estimate of drug-likeness (QED) is 0.291. The molecule has 2 rings (SSSR count). The number of ether oxygens (including phenoxy) is 1. The number of nitrogens with two attached hydrogens (primary N) is 1. The lowest BCUT2D eigenvalue weighted by molar-refractivity contribution is 0.318. The fourth-order valence-corrected chi connectivity index (χ4v) is 1.44. The van der Waals surface area contributed by atoms with Gasteiger partial charge in [0.2, 0.25) is 0 Å². The Kier molecular flexibility index (Phi) is 2.17. The molecule has 15 heavy (non-hydrogen) atoms. The molecule has 2 aromatic rings. The van der Waals surface area contributed by atoms with Crippen LogP contribution in [0.5, 0.6) is 5.75 Å². The van der Waals surface area contributed by atoms with E-state index in [4.69, 9.17) is 15.7 Å². The van der Waals surface area contributed by atoms with Gasteiger partial charge in [0, 0.05) is 5.56 Å². The number of imidazole rings is 1. The van der Waals surface area contributed by atoms with Crippen LogP contribution in [0.4, 0.5) is 0 Å². The van der Waals surface area contributed by atoms with Crippen LogP contribution in [-0.4, -0.2) is 28.1 Å². The molecule has 0 aliphatic heterocycles. The van der Waals surface area contributed by atoms with E-state index in [0.29, 0.717) is 22.3 Å². The molecule has 6 nitrogen and oxygen atoms in total. The number of amidine groups is 1. The molecule has 0 saturated heterocycles. The number of oxime groups is 1. The van der Waals surface area contributed by atoms with E-state index in [1.807, 2.05) is 0 Å². The Morgan fingerprint density at radius 2 is 2.40 bits per heavy atom. The van der Waals surface area contributed by atoms with Gasteiger partial charge in [-0.15, -0.1) is 0 Å². The zero-order valence-electron chi connectivity index (χ0n) is 8.06. The van der Waals surface area contributed by atoms with Crippen molar-refractivity contribution in [2.24, 2.45) is 10.9 Å². The number of nitrogens with zero attached hydrogens (tertiary/aromatic N) is 2. The largest absolute Gasteiger partial charge is 0.494 e. The van der Waals surface area contributed by atoms with Crippen LogP contribution in [-0.2, 0) is 0 Å². The standard InChI is InChI=1S/C9H10N4O2/c1-15-6-3-2-5(9(10)13-14)7-8(6)12-4-11-7/h2-4,14H,1H3,(H2,10,13)(H,11,12). The van der Waals surface area contributed by atoms with Gasteiger partial charge in [0.15, 0.2) is 5.84 Å². The van der Waals surface area contributed by atoms with Crippen molar-refractivity contribution in [3.05, 3.63) is 24.0 Å². The van der Waals surface area contributed by atoms with Gasteiger partial charge in [-0.25, -0.2) is 4.98 Å². The Hall–Kier alpha value is -2.24. The maximum absolute atomic E-state index is 8.61. The average molecular weight is 206 g/mol. The molecule has 78 valence electrons. The molecule has 0 aliphatic rings. The van der Waals surface area contributed by atoms with Crippen LogP contribution in [0.3, 0.4) is 0 Å². The van der Waals surface area contributed by atoms with Crippen molar-refractivity contribution in [2.75, 3.05) is 7.11 Å². The number of aromatic nitrogens is 2. The first kappa shape index (κ1) is 9.32. The summed E-state index contributed by atoms with van der Waals surface area (Å²) in [5, 5.41) is 11.6. The third kappa shape index (κ3) is 1.35. The highest BCUT2D eigenvalue weighted by atomic mass is 16.5. The van der Waals surface area contributed by atoms with Crippen LogP contribution in [0.2, 0.25) is 0 Å². The smallest absolute Gasteiger partial charge is 0.172 e. The van der Waals surface area contributed by atoms with Gasteiger partial charge in [-0.2, -0.15) is 0 Å². The fraction of sp³-hybridized carbons (Fsp3) is 0.111. The highest BCUT2D eigenvalue weighted by Crippen LogP contribution is 2.25. The van der Waals surface area contributed by atoms with E-state index >= 15 is 0 Å². The third-order valence-electron chi connectivity index (χ3n) is 2.15. The zero-order valence-corrected chi connectivity index (χ0v) is 8.06. The Balaban J connectivity index is 2.74. The van der Waals surface area contributed by atoms with Gasteiger partial charge in [-0.05, 0) is 12.1 Å². The molecule has 0 unspecified atom stereocenters. The van der Waals surface area contributed by atoms with Crippen molar-refractivity contribution in [3.63, 3.8) is 0 Å². The van der Waals surface area contributed by atoms with Crippen molar-refractivity contribution >= 4 is 16.9 Å². The van der Waals surface area contributed by atoms with Crippen LogP contribution in [0, 0.1) is 0 Å². The molecule has 1 aromatic carbocycles. The maximum Gasteiger partial charge on any atom is 0.172 e. The normalized spacial score (nSPS) is 11.9. The lowest BCUT2D eigenvalue weighted by Crippen LogP contribution is -2.13. The second-order valence-electron chi connectivity index (χ2n) is 2.93. The van der Waals surface area contributed by atoms with Crippen LogP contribution in [0.25, 0.3) is 11.0 Å². The first-order valence-corrected chi connectivity index (χ1v) is 4.26. The molecule has 0 radical (unpaired) electrons. The van der Waals surface area contributed by atoms with Gasteiger partial charge in [-0.3, -0.25) is 0 Å². The molecular weight excluding hydrogens is 196 g/mol. The summed E-state index contributed by atoms with van der Waals surface area (Å²) in [5.41, 5.74) is 7.45. The fourth-order valence-electron chi connectivity index (χ4n) is 1.44. The predicted molar refractivity (Wildman–Crippen MR) is 55.2 cm³/mol. The van der Waals surface area contributed by atoms with E-state index < -0.39 is 0 Å². The minimum absolute atomic E-state index is 0.0342. The molecule has 0 fully saturated rings. The van der Waals surface area contributed by atoms with Gasteiger partial charge in [0.1, 0.15) is 11.3 Å². The Labute approximate surface area is 85.4 Å². The zero-order chi connectivity index (χ0) is 10.8. The van der Waals surface area contributed by atoms with Crippen LogP contribution in [0.1, 0.15) is 5.56 Å². The van der Waals surface area contributed by atoms with Crippen molar-refractivity contribution in [2.45, 2.75) is 0 Å². The summed E-state index contributed by atoms with van der Waals surface area (Å²) in [5.74, 6) is 0.674. The summed E-state index contributed by atoms with van der Waals surface area (Å²) in [6.45, 7) is 0. The van der Waals surface area contributed by atoms with E-state index in [-0.39, 0.29) is 5.84 Å². The molecule has 0 aliphatic carbocycles. The summed E-state index contributed by atoms with van der Waals surface area (Å²) in [4.78, 5) is 7.01. The number of methoxy groups -OCH3 is 1. The summed E-state index contributed by atoms with van der Waals surface area (Å²) < 4.78 is 5.13. The molecule has 1 heterocycles. The second-order valence-corrected chi connectivity index (χ2v) is 2.93. The number of hydrogen-bond acceptors (Lipinski definition) is 4. The minimum Gasteiger partial charge on any atom is -0.494 e. The summed E-state index contributed by atoms with van der Waals surface area (Å²) in [6.07, 6.45) is 1.53. The first-order chi connectivity index (χ1) is 7.27. The highest BCUT2D eigenvalue weighted by Gasteiger charge is 2.11. The van der Waals surface area contributed by atoms with Gasteiger partial charge in [0.25, 0.3) is 0 Å². The number of fused-ring (bicyclic) bond motifs is 1. The SMILES string of the molecule is COc1ccc(C(N)=NO)c2[nH]cnc12. The van der Waals surface area contributed by atoms with Gasteiger partial charge < -0.3 is 20.7 Å². The molecule has 1 aromatic heterocycles. The van der Waals surface area contributed by atoms with Crippen LogP contribution >= 0.6 is 0 Å². The molecule has 0 saturated carbocycles. The average Bonchev–Trinajstić information content (AvgIpc) is 2.75. The van der Waals surface area contributed by atoms with E-state index in [2.05, 4.69) is 15.1 Å². The maximum atomic E-state index is 8.61. The number of H-pyrrole nitrogens is 1. The molecule has 0 atom stereocenters.